The number of thioether (sulfide) groups is 1. The second-order valence-electron chi connectivity index (χ2n) is 5.25. The van der Waals surface area contributed by atoms with Gasteiger partial charge < -0.3 is 14.2 Å². The fourth-order valence-electron chi connectivity index (χ4n) is 2.11. The molecule has 2 aromatic heterocycles. The highest BCUT2D eigenvalue weighted by atomic mass is 32.2. The first-order chi connectivity index (χ1) is 11.6. The normalized spacial score (nSPS) is 12.1. The predicted octanol–water partition coefficient (Wildman–Crippen LogP) is 3.44. The van der Waals surface area contributed by atoms with Gasteiger partial charge in [0, 0.05) is 5.56 Å². The maximum atomic E-state index is 12.1. The van der Waals surface area contributed by atoms with Gasteiger partial charge in [0.2, 0.25) is 11.8 Å². The Morgan fingerprint density at radius 1 is 1.25 bits per heavy atom. The Morgan fingerprint density at radius 2 is 2.08 bits per heavy atom. The molecule has 2 heterocycles. The number of amides is 1. The van der Waals surface area contributed by atoms with Gasteiger partial charge in [-0.1, -0.05) is 30.0 Å². The molecule has 0 aliphatic carbocycles. The van der Waals surface area contributed by atoms with Crippen molar-refractivity contribution in [2.45, 2.75) is 30.9 Å². The van der Waals surface area contributed by atoms with Crippen LogP contribution in [0.3, 0.4) is 0 Å². The van der Waals surface area contributed by atoms with Crippen molar-refractivity contribution in [3.63, 3.8) is 0 Å². The summed E-state index contributed by atoms with van der Waals surface area (Å²) in [7, 11) is 0. The van der Waals surface area contributed by atoms with Gasteiger partial charge in [-0.15, -0.1) is 10.2 Å². The van der Waals surface area contributed by atoms with Gasteiger partial charge in [0.15, 0.2) is 0 Å². The molecule has 0 aliphatic heterocycles. The summed E-state index contributed by atoms with van der Waals surface area (Å²) in [6.45, 7) is 4.13. The second kappa shape index (κ2) is 7.35. The molecular formula is C17H17N3O3S. The number of rotatable bonds is 6. The van der Waals surface area contributed by atoms with Gasteiger partial charge in [0.1, 0.15) is 5.76 Å². The Labute approximate surface area is 143 Å². The summed E-state index contributed by atoms with van der Waals surface area (Å²) in [6, 6.07) is 11.4. The molecular weight excluding hydrogens is 326 g/mol. The zero-order valence-electron chi connectivity index (χ0n) is 13.4. The largest absolute Gasteiger partial charge is 0.467 e. The number of aryl methyl sites for hydroxylation is 1. The molecule has 6 nitrogen and oxygen atoms in total. The number of carbonyl (C=O) groups is 1. The van der Waals surface area contributed by atoms with E-state index in [0.717, 1.165) is 11.1 Å². The van der Waals surface area contributed by atoms with Crippen LogP contribution in [0.15, 0.2) is 56.7 Å². The quantitative estimate of drug-likeness (QED) is 0.691. The summed E-state index contributed by atoms with van der Waals surface area (Å²) in [5, 5.41) is 10.9. The minimum atomic E-state index is -0.356. The molecule has 0 radical (unpaired) electrons. The number of hydrogen-bond acceptors (Lipinski definition) is 6. The minimum absolute atomic E-state index is 0.118. The number of furan rings is 1. The topological polar surface area (TPSA) is 81.2 Å². The van der Waals surface area contributed by atoms with Crippen molar-refractivity contribution in [2.24, 2.45) is 0 Å². The van der Waals surface area contributed by atoms with Gasteiger partial charge >= 0.3 is 0 Å². The molecule has 124 valence electrons. The maximum Gasteiger partial charge on any atom is 0.277 e. The van der Waals surface area contributed by atoms with Gasteiger partial charge in [-0.25, -0.2) is 0 Å². The second-order valence-corrected chi connectivity index (χ2v) is 6.54. The van der Waals surface area contributed by atoms with Crippen molar-refractivity contribution < 1.29 is 13.6 Å². The van der Waals surface area contributed by atoms with Crippen molar-refractivity contribution in [1.29, 1.82) is 0 Å². The molecule has 0 bridgehead atoms. The fourth-order valence-corrected chi connectivity index (χ4v) is 2.82. The van der Waals surface area contributed by atoms with Gasteiger partial charge in [0.25, 0.3) is 5.22 Å². The molecule has 0 unspecified atom stereocenters. The molecule has 0 saturated carbocycles. The monoisotopic (exact) mass is 343 g/mol. The van der Waals surface area contributed by atoms with Gasteiger partial charge in [0.05, 0.1) is 18.1 Å². The van der Waals surface area contributed by atoms with Crippen LogP contribution >= 0.6 is 11.8 Å². The molecule has 1 N–H and O–H groups in total. The Kier molecular flexibility index (Phi) is 5.00. The predicted molar refractivity (Wildman–Crippen MR) is 90.3 cm³/mol. The molecule has 3 rings (SSSR count). The lowest BCUT2D eigenvalue weighted by atomic mass is 10.1. The van der Waals surface area contributed by atoms with E-state index in [2.05, 4.69) is 15.5 Å². The average molecular weight is 343 g/mol. The summed E-state index contributed by atoms with van der Waals surface area (Å²) >= 11 is 1.23. The number of nitrogens with one attached hydrogen (secondary N) is 1. The van der Waals surface area contributed by atoms with Gasteiger partial charge in [-0.05, 0) is 37.6 Å². The summed E-state index contributed by atoms with van der Waals surface area (Å²) < 4.78 is 10.8. The molecule has 1 amide bonds. The van der Waals surface area contributed by atoms with Crippen molar-refractivity contribution in [2.75, 3.05) is 0 Å². The number of carbonyl (C=O) groups excluding carboxylic acids is 1. The molecule has 1 aromatic carbocycles. The first-order valence-electron chi connectivity index (χ1n) is 7.50. The van der Waals surface area contributed by atoms with E-state index >= 15 is 0 Å². The summed E-state index contributed by atoms with van der Waals surface area (Å²) in [6.07, 6.45) is 1.57. The molecule has 0 spiro atoms. The zero-order valence-corrected chi connectivity index (χ0v) is 14.2. The van der Waals surface area contributed by atoms with Crippen LogP contribution < -0.4 is 5.32 Å². The van der Waals surface area contributed by atoms with Crippen LogP contribution in [0, 0.1) is 6.92 Å². The molecule has 0 aliphatic rings. The highest BCUT2D eigenvalue weighted by Crippen LogP contribution is 2.27. The molecule has 0 saturated heterocycles. The van der Waals surface area contributed by atoms with Crippen LogP contribution in [-0.4, -0.2) is 21.4 Å². The summed E-state index contributed by atoms with van der Waals surface area (Å²) in [5.41, 5.74) is 1.95. The standard InChI is InChI=1S/C17H17N3O3S/c1-11-6-3-4-8-14(11)16-19-20-17(23-16)24-12(2)15(21)18-10-13-7-5-9-22-13/h3-9,12H,10H2,1-2H3,(H,18,21)/t12-/m0/s1. The van der Waals surface area contributed by atoms with Crippen molar-refractivity contribution in [3.05, 3.63) is 54.0 Å². The zero-order chi connectivity index (χ0) is 16.9. The van der Waals surface area contributed by atoms with Crippen molar-refractivity contribution in [1.82, 2.24) is 15.5 Å². The Morgan fingerprint density at radius 3 is 2.83 bits per heavy atom. The SMILES string of the molecule is Cc1ccccc1-c1nnc(S[C@@H](C)C(=O)NCc2ccco2)o1. The van der Waals surface area contributed by atoms with E-state index in [9.17, 15) is 4.79 Å². The number of hydrogen-bond donors (Lipinski definition) is 1. The summed E-state index contributed by atoms with van der Waals surface area (Å²) in [4.78, 5) is 12.1. The molecule has 24 heavy (non-hydrogen) atoms. The maximum absolute atomic E-state index is 12.1. The number of nitrogens with zero attached hydrogens (tertiary/aromatic N) is 2. The smallest absolute Gasteiger partial charge is 0.277 e. The van der Waals surface area contributed by atoms with E-state index in [1.165, 1.54) is 11.8 Å². The van der Waals surface area contributed by atoms with Crippen LogP contribution in [0.25, 0.3) is 11.5 Å². The number of aromatic nitrogens is 2. The van der Waals surface area contributed by atoms with E-state index in [0.29, 0.717) is 23.4 Å². The lowest BCUT2D eigenvalue weighted by Gasteiger charge is -2.08. The Bertz CT molecular complexity index is 814. The lowest BCUT2D eigenvalue weighted by Crippen LogP contribution is -2.30. The average Bonchev–Trinajstić information content (AvgIpc) is 3.24. The van der Waals surface area contributed by atoms with Crippen LogP contribution in [-0.2, 0) is 11.3 Å². The third-order valence-electron chi connectivity index (χ3n) is 3.45. The van der Waals surface area contributed by atoms with E-state index in [1.54, 1.807) is 19.3 Å². The third kappa shape index (κ3) is 3.86. The molecule has 3 aromatic rings. The van der Waals surface area contributed by atoms with Crippen molar-refractivity contribution >= 4 is 17.7 Å². The van der Waals surface area contributed by atoms with E-state index in [4.69, 9.17) is 8.83 Å². The van der Waals surface area contributed by atoms with E-state index < -0.39 is 0 Å². The van der Waals surface area contributed by atoms with Crippen LogP contribution in [0.1, 0.15) is 18.2 Å². The van der Waals surface area contributed by atoms with E-state index in [-0.39, 0.29) is 11.2 Å². The Hall–Kier alpha value is -2.54. The van der Waals surface area contributed by atoms with Crippen LogP contribution in [0.4, 0.5) is 0 Å². The first-order valence-corrected chi connectivity index (χ1v) is 8.37. The van der Waals surface area contributed by atoms with Crippen molar-refractivity contribution in [3.8, 4) is 11.5 Å². The third-order valence-corrected chi connectivity index (χ3v) is 4.38. The van der Waals surface area contributed by atoms with Crippen LogP contribution in [0.2, 0.25) is 0 Å². The minimum Gasteiger partial charge on any atom is -0.467 e. The van der Waals surface area contributed by atoms with Gasteiger partial charge in [-0.3, -0.25) is 4.79 Å². The molecule has 1 atom stereocenters. The fraction of sp³-hybridized carbons (Fsp3) is 0.235. The number of benzene rings is 1. The highest BCUT2D eigenvalue weighted by Gasteiger charge is 2.19. The first kappa shape index (κ1) is 16.3. The molecule has 0 fully saturated rings. The Balaban J connectivity index is 1.59. The van der Waals surface area contributed by atoms with Crippen LogP contribution in [0.5, 0.6) is 0 Å². The van der Waals surface area contributed by atoms with E-state index in [1.807, 2.05) is 37.3 Å². The summed E-state index contributed by atoms with van der Waals surface area (Å²) in [5.74, 6) is 1.05. The lowest BCUT2D eigenvalue weighted by molar-refractivity contribution is -0.120. The molecule has 7 heteroatoms. The highest BCUT2D eigenvalue weighted by molar-refractivity contribution is 8.00. The van der Waals surface area contributed by atoms with Gasteiger partial charge in [-0.2, -0.15) is 0 Å².